The van der Waals surface area contributed by atoms with Gasteiger partial charge in [-0.15, -0.1) is 11.3 Å². The topological polar surface area (TPSA) is 116 Å². The molecule has 2 aromatic rings. The minimum Gasteiger partial charge on any atom is -0.755 e. The standard InChI is InChI=1S/C10H9N3O5S2/c1-18-7-3-2-6(4-11-7)13(20(16)17)9-8(10(14)15)12-5-19-9/h2-5H,1H3,(H,14,15)(H,16,17)/p-1. The molecular formula is C10H8N3O5S2-. The van der Waals surface area contributed by atoms with E-state index in [2.05, 4.69) is 9.97 Å². The Bertz CT molecular complexity index is 643. The van der Waals surface area contributed by atoms with E-state index in [-0.39, 0.29) is 16.4 Å². The summed E-state index contributed by atoms with van der Waals surface area (Å²) in [5.74, 6) is -0.994. The predicted molar refractivity (Wildman–Crippen MR) is 70.9 cm³/mol. The number of nitrogens with zero attached hydrogens (tertiary/aromatic N) is 3. The molecule has 0 fully saturated rings. The molecule has 1 N–H and O–H groups in total. The zero-order valence-electron chi connectivity index (χ0n) is 10.0. The van der Waals surface area contributed by atoms with Crippen LogP contribution in [0.2, 0.25) is 0 Å². The molecule has 0 aliphatic carbocycles. The first kappa shape index (κ1) is 14.4. The first-order valence-electron chi connectivity index (χ1n) is 5.11. The summed E-state index contributed by atoms with van der Waals surface area (Å²) in [6, 6.07) is 2.92. The number of hydrogen-bond donors (Lipinski definition) is 1. The highest BCUT2D eigenvalue weighted by molar-refractivity contribution is 7.81. The second kappa shape index (κ2) is 5.94. The number of carboxylic acids is 1. The van der Waals surface area contributed by atoms with Crippen molar-refractivity contribution in [2.45, 2.75) is 0 Å². The van der Waals surface area contributed by atoms with Gasteiger partial charge < -0.3 is 14.4 Å². The van der Waals surface area contributed by atoms with Crippen LogP contribution in [-0.2, 0) is 11.3 Å². The summed E-state index contributed by atoms with van der Waals surface area (Å²) in [7, 11) is 1.43. The summed E-state index contributed by atoms with van der Waals surface area (Å²) in [4.78, 5) is 18.5. The number of aromatic nitrogens is 2. The molecule has 106 valence electrons. The number of ether oxygens (including phenoxy) is 1. The van der Waals surface area contributed by atoms with Crippen molar-refractivity contribution in [1.82, 2.24) is 9.97 Å². The fourth-order valence-electron chi connectivity index (χ4n) is 1.42. The van der Waals surface area contributed by atoms with Crippen LogP contribution >= 0.6 is 11.3 Å². The third-order valence-corrected chi connectivity index (χ3v) is 3.87. The van der Waals surface area contributed by atoms with Gasteiger partial charge in [-0.25, -0.2) is 14.8 Å². The van der Waals surface area contributed by atoms with Crippen molar-refractivity contribution in [3.63, 3.8) is 0 Å². The van der Waals surface area contributed by atoms with E-state index in [0.717, 1.165) is 15.6 Å². The summed E-state index contributed by atoms with van der Waals surface area (Å²) >= 11 is -1.81. The number of thiazole rings is 1. The average Bonchev–Trinajstić information content (AvgIpc) is 2.88. The van der Waals surface area contributed by atoms with Crippen molar-refractivity contribution < 1.29 is 23.4 Å². The molecule has 20 heavy (non-hydrogen) atoms. The lowest BCUT2D eigenvalue weighted by atomic mass is 10.4. The van der Waals surface area contributed by atoms with Gasteiger partial charge in [-0.1, -0.05) is 0 Å². The predicted octanol–water partition coefficient (Wildman–Crippen LogP) is 1.18. The Kier molecular flexibility index (Phi) is 4.27. The van der Waals surface area contributed by atoms with Crippen LogP contribution in [0.25, 0.3) is 0 Å². The molecule has 0 spiro atoms. The highest BCUT2D eigenvalue weighted by atomic mass is 32.2. The van der Waals surface area contributed by atoms with Gasteiger partial charge in [0.1, 0.15) is 5.00 Å². The highest BCUT2D eigenvalue weighted by Crippen LogP contribution is 2.33. The van der Waals surface area contributed by atoms with Crippen LogP contribution in [0.4, 0.5) is 10.7 Å². The molecule has 1 unspecified atom stereocenters. The maximum absolute atomic E-state index is 11.4. The fourth-order valence-corrected chi connectivity index (χ4v) is 2.94. The van der Waals surface area contributed by atoms with Gasteiger partial charge in [0.25, 0.3) is 0 Å². The van der Waals surface area contributed by atoms with Crippen LogP contribution in [-0.4, -0.2) is 36.9 Å². The number of carbonyl (C=O) groups is 1. The van der Waals surface area contributed by atoms with E-state index >= 15 is 0 Å². The van der Waals surface area contributed by atoms with Crippen LogP contribution in [0, 0.1) is 0 Å². The Balaban J connectivity index is 2.47. The zero-order valence-corrected chi connectivity index (χ0v) is 11.7. The van der Waals surface area contributed by atoms with Crippen molar-refractivity contribution in [3.8, 4) is 5.88 Å². The van der Waals surface area contributed by atoms with Crippen molar-refractivity contribution in [1.29, 1.82) is 0 Å². The summed E-state index contributed by atoms with van der Waals surface area (Å²) in [6.07, 6.45) is 1.26. The maximum atomic E-state index is 11.4. The van der Waals surface area contributed by atoms with Crippen LogP contribution in [0.15, 0.2) is 23.8 Å². The highest BCUT2D eigenvalue weighted by Gasteiger charge is 2.22. The van der Waals surface area contributed by atoms with Gasteiger partial charge in [0, 0.05) is 6.07 Å². The molecule has 2 heterocycles. The van der Waals surface area contributed by atoms with Crippen molar-refractivity contribution in [2.75, 3.05) is 11.4 Å². The van der Waals surface area contributed by atoms with Gasteiger partial charge in [0.05, 0.1) is 35.8 Å². The Hall–Kier alpha value is -2.04. The van der Waals surface area contributed by atoms with E-state index < -0.39 is 17.2 Å². The number of anilines is 2. The fraction of sp³-hybridized carbons (Fsp3) is 0.100. The summed E-state index contributed by atoms with van der Waals surface area (Å²) in [5.41, 5.74) is 1.11. The third-order valence-electron chi connectivity index (χ3n) is 2.25. The summed E-state index contributed by atoms with van der Waals surface area (Å²) in [6.45, 7) is 0. The lowest BCUT2D eigenvalue weighted by Gasteiger charge is -2.24. The van der Waals surface area contributed by atoms with E-state index in [1.165, 1.54) is 30.9 Å². The average molecular weight is 314 g/mol. The molecule has 2 rings (SSSR count). The molecule has 0 aliphatic heterocycles. The molecular weight excluding hydrogens is 306 g/mol. The summed E-state index contributed by atoms with van der Waals surface area (Å²) in [5, 5.41) is 8.98. The molecule has 10 heteroatoms. The van der Waals surface area contributed by atoms with Gasteiger partial charge in [0.15, 0.2) is 5.69 Å². The zero-order chi connectivity index (χ0) is 14.7. The van der Waals surface area contributed by atoms with Gasteiger partial charge in [-0.05, 0) is 6.07 Å². The molecule has 1 atom stereocenters. The Morgan fingerprint density at radius 1 is 1.50 bits per heavy atom. The number of methoxy groups -OCH3 is 1. The lowest BCUT2D eigenvalue weighted by Crippen LogP contribution is -2.21. The van der Waals surface area contributed by atoms with Gasteiger partial charge in [0.2, 0.25) is 5.88 Å². The van der Waals surface area contributed by atoms with Crippen molar-refractivity contribution in [2.24, 2.45) is 0 Å². The van der Waals surface area contributed by atoms with E-state index in [1.54, 1.807) is 0 Å². The third kappa shape index (κ3) is 2.76. The molecule has 0 radical (unpaired) electrons. The lowest BCUT2D eigenvalue weighted by molar-refractivity contribution is 0.0692. The van der Waals surface area contributed by atoms with E-state index in [0.29, 0.717) is 5.88 Å². The minimum absolute atomic E-state index is 0.0159. The van der Waals surface area contributed by atoms with Gasteiger partial charge in [-0.3, -0.25) is 8.51 Å². The normalized spacial score (nSPS) is 11.9. The number of hydrogen-bond acceptors (Lipinski definition) is 7. The number of pyridine rings is 1. The second-order valence-corrected chi connectivity index (χ2v) is 5.01. The molecule has 0 saturated carbocycles. The molecule has 0 bridgehead atoms. The Labute approximate surface area is 120 Å². The van der Waals surface area contributed by atoms with E-state index in [9.17, 15) is 13.6 Å². The molecule has 0 aromatic carbocycles. The smallest absolute Gasteiger partial charge is 0.357 e. The number of aromatic carboxylic acids is 1. The van der Waals surface area contributed by atoms with Crippen LogP contribution in [0.3, 0.4) is 0 Å². The molecule has 0 amide bonds. The Morgan fingerprint density at radius 2 is 2.25 bits per heavy atom. The minimum atomic E-state index is -2.71. The quantitative estimate of drug-likeness (QED) is 0.824. The SMILES string of the molecule is COc1ccc(N(c2scnc2C(=O)O)S(=O)[O-])cn1. The van der Waals surface area contributed by atoms with Crippen LogP contribution < -0.4 is 9.04 Å². The van der Waals surface area contributed by atoms with Gasteiger partial charge in [-0.2, -0.15) is 0 Å². The van der Waals surface area contributed by atoms with Crippen molar-refractivity contribution in [3.05, 3.63) is 29.5 Å². The largest absolute Gasteiger partial charge is 0.755 e. The van der Waals surface area contributed by atoms with E-state index in [1.807, 2.05) is 0 Å². The van der Waals surface area contributed by atoms with Crippen LogP contribution in [0.1, 0.15) is 10.5 Å². The van der Waals surface area contributed by atoms with Crippen molar-refractivity contribution >= 4 is 39.3 Å². The summed E-state index contributed by atoms with van der Waals surface area (Å²) < 4.78 is 28.4. The molecule has 0 aliphatic rings. The second-order valence-electron chi connectivity index (χ2n) is 3.38. The first-order chi connectivity index (χ1) is 9.54. The first-order valence-corrected chi connectivity index (χ1v) is 7.02. The van der Waals surface area contributed by atoms with E-state index in [4.69, 9.17) is 9.84 Å². The number of carboxylic acid groups (broad SMARTS) is 1. The molecule has 0 saturated heterocycles. The van der Waals surface area contributed by atoms with Gasteiger partial charge >= 0.3 is 5.97 Å². The molecule has 8 nitrogen and oxygen atoms in total. The number of rotatable bonds is 5. The van der Waals surface area contributed by atoms with Crippen LogP contribution in [0.5, 0.6) is 5.88 Å². The Morgan fingerprint density at radius 3 is 2.75 bits per heavy atom. The monoisotopic (exact) mass is 314 g/mol. The molecule has 2 aromatic heterocycles. The maximum Gasteiger partial charge on any atom is 0.357 e.